The number of nitrogens with one attached hydrogen (secondary N) is 2. The predicted molar refractivity (Wildman–Crippen MR) is 104 cm³/mol. The summed E-state index contributed by atoms with van der Waals surface area (Å²) in [6.07, 6.45) is 1.61. The Kier molecular flexibility index (Phi) is 5.42. The van der Waals surface area contributed by atoms with Gasteiger partial charge in [-0.15, -0.1) is 0 Å². The van der Waals surface area contributed by atoms with Gasteiger partial charge in [0, 0.05) is 23.7 Å². The molecule has 3 rings (SSSR count). The van der Waals surface area contributed by atoms with E-state index < -0.39 is 11.8 Å². The lowest BCUT2D eigenvalue weighted by molar-refractivity contribution is -0.133. The Morgan fingerprint density at radius 1 is 0.926 bits per heavy atom. The molecular formula is C19H16ClN3O4. The molecule has 0 aliphatic heterocycles. The molecule has 7 nitrogen and oxygen atoms in total. The average molecular weight is 386 g/mol. The number of ether oxygens (including phenoxy) is 2. The molecule has 3 aromatic rings. The summed E-state index contributed by atoms with van der Waals surface area (Å²) in [5.74, 6) is -1.07. The van der Waals surface area contributed by atoms with Crippen molar-refractivity contribution in [1.82, 2.24) is 4.98 Å². The molecule has 2 amide bonds. The number of pyridine rings is 1. The summed E-state index contributed by atoms with van der Waals surface area (Å²) in [6.45, 7) is 0. The van der Waals surface area contributed by atoms with E-state index in [4.69, 9.17) is 21.1 Å². The number of rotatable bonds is 4. The number of halogens is 1. The highest BCUT2D eigenvalue weighted by atomic mass is 35.5. The van der Waals surface area contributed by atoms with Crippen LogP contribution < -0.4 is 20.1 Å². The van der Waals surface area contributed by atoms with Gasteiger partial charge in [-0.3, -0.25) is 14.6 Å². The third-order valence-electron chi connectivity index (χ3n) is 3.81. The zero-order valence-electron chi connectivity index (χ0n) is 14.6. The lowest BCUT2D eigenvalue weighted by Crippen LogP contribution is -2.29. The maximum atomic E-state index is 12.3. The monoisotopic (exact) mass is 385 g/mol. The fraction of sp³-hybridized carbons (Fsp3) is 0.105. The molecule has 0 saturated carbocycles. The highest BCUT2D eigenvalue weighted by Crippen LogP contribution is 2.35. The molecule has 1 heterocycles. The van der Waals surface area contributed by atoms with Gasteiger partial charge in [-0.2, -0.15) is 0 Å². The summed E-state index contributed by atoms with van der Waals surface area (Å²) in [7, 11) is 2.87. The lowest BCUT2D eigenvalue weighted by Gasteiger charge is -2.13. The number of benzene rings is 2. The van der Waals surface area contributed by atoms with Crippen LogP contribution in [0.5, 0.6) is 11.5 Å². The Hall–Kier alpha value is -3.32. The zero-order valence-corrected chi connectivity index (χ0v) is 15.3. The maximum Gasteiger partial charge on any atom is 0.314 e. The minimum atomic E-state index is -0.870. The number of fused-ring (bicyclic) bond motifs is 1. The van der Waals surface area contributed by atoms with Crippen LogP contribution in [0.2, 0.25) is 5.02 Å². The first kappa shape index (κ1) is 18.5. The first-order chi connectivity index (χ1) is 13.0. The van der Waals surface area contributed by atoms with Gasteiger partial charge in [0.2, 0.25) is 0 Å². The van der Waals surface area contributed by atoms with E-state index in [-0.39, 0.29) is 5.69 Å². The minimum Gasteiger partial charge on any atom is -0.495 e. The number of hydrogen-bond acceptors (Lipinski definition) is 5. The standard InChI is InChI=1S/C19H16ClN3O4/c1-26-15-10-14(16(27-2)9-12(15)20)23-19(25)18(24)22-13-7-3-5-11-6-4-8-21-17(11)13/h3-10H,1-2H3,(H,22,24)(H,23,25). The van der Waals surface area contributed by atoms with Crippen molar-refractivity contribution < 1.29 is 19.1 Å². The number of amides is 2. The van der Waals surface area contributed by atoms with Crippen molar-refractivity contribution in [3.63, 3.8) is 0 Å². The van der Waals surface area contributed by atoms with Crippen LogP contribution in [0.3, 0.4) is 0 Å². The van der Waals surface area contributed by atoms with Crippen molar-refractivity contribution in [1.29, 1.82) is 0 Å². The molecule has 8 heteroatoms. The molecule has 0 radical (unpaired) electrons. The van der Waals surface area contributed by atoms with Crippen LogP contribution >= 0.6 is 11.6 Å². The highest BCUT2D eigenvalue weighted by molar-refractivity contribution is 6.44. The van der Waals surface area contributed by atoms with E-state index in [9.17, 15) is 9.59 Å². The molecule has 138 valence electrons. The van der Waals surface area contributed by atoms with E-state index in [0.717, 1.165) is 5.39 Å². The van der Waals surface area contributed by atoms with Crippen LogP contribution in [0.25, 0.3) is 10.9 Å². The first-order valence-corrected chi connectivity index (χ1v) is 8.29. The van der Waals surface area contributed by atoms with E-state index in [0.29, 0.717) is 27.7 Å². The number of para-hydroxylation sites is 1. The quantitative estimate of drug-likeness (QED) is 0.671. The van der Waals surface area contributed by atoms with Crippen molar-refractivity contribution in [2.75, 3.05) is 24.9 Å². The van der Waals surface area contributed by atoms with Crippen LogP contribution in [0, 0.1) is 0 Å². The van der Waals surface area contributed by atoms with Gasteiger partial charge in [-0.1, -0.05) is 29.8 Å². The second-order valence-corrected chi connectivity index (χ2v) is 5.88. The smallest absolute Gasteiger partial charge is 0.314 e. The molecule has 2 N–H and O–H groups in total. The summed E-state index contributed by atoms with van der Waals surface area (Å²) >= 11 is 6.04. The van der Waals surface area contributed by atoms with Gasteiger partial charge in [0.05, 0.1) is 36.1 Å². The molecule has 0 unspecified atom stereocenters. The van der Waals surface area contributed by atoms with E-state index >= 15 is 0 Å². The van der Waals surface area contributed by atoms with Crippen molar-refractivity contribution in [2.45, 2.75) is 0 Å². The van der Waals surface area contributed by atoms with E-state index in [1.807, 2.05) is 12.1 Å². The number of methoxy groups -OCH3 is 2. The number of aromatic nitrogens is 1. The van der Waals surface area contributed by atoms with Gasteiger partial charge in [-0.05, 0) is 12.1 Å². The Bertz CT molecular complexity index is 1020. The summed E-state index contributed by atoms with van der Waals surface area (Å²) in [5.41, 5.74) is 1.29. The third-order valence-corrected chi connectivity index (χ3v) is 4.10. The van der Waals surface area contributed by atoms with Crippen LogP contribution in [-0.2, 0) is 9.59 Å². The summed E-state index contributed by atoms with van der Waals surface area (Å²) in [5, 5.41) is 6.23. The highest BCUT2D eigenvalue weighted by Gasteiger charge is 2.19. The molecule has 0 saturated heterocycles. The molecular weight excluding hydrogens is 370 g/mol. The lowest BCUT2D eigenvalue weighted by atomic mass is 10.2. The van der Waals surface area contributed by atoms with Crippen LogP contribution in [0.15, 0.2) is 48.7 Å². The van der Waals surface area contributed by atoms with Gasteiger partial charge < -0.3 is 20.1 Å². The zero-order chi connectivity index (χ0) is 19.4. The largest absolute Gasteiger partial charge is 0.495 e. The molecule has 27 heavy (non-hydrogen) atoms. The Labute approximate surface area is 160 Å². The fourth-order valence-electron chi connectivity index (χ4n) is 2.52. The van der Waals surface area contributed by atoms with Crippen LogP contribution in [-0.4, -0.2) is 31.0 Å². The first-order valence-electron chi connectivity index (χ1n) is 7.91. The number of hydrogen-bond donors (Lipinski definition) is 2. The molecule has 0 atom stereocenters. The third kappa shape index (κ3) is 3.93. The second kappa shape index (κ2) is 7.92. The van der Waals surface area contributed by atoms with Gasteiger partial charge in [-0.25, -0.2) is 0 Å². The molecule has 2 aromatic carbocycles. The SMILES string of the molecule is COc1cc(NC(=O)C(=O)Nc2cccc3cccnc23)c(OC)cc1Cl. The Morgan fingerprint density at radius 2 is 1.59 bits per heavy atom. The summed E-state index contributed by atoms with van der Waals surface area (Å²) in [6, 6.07) is 11.9. The number of nitrogens with zero attached hydrogens (tertiary/aromatic N) is 1. The molecule has 0 spiro atoms. The van der Waals surface area contributed by atoms with E-state index in [2.05, 4.69) is 15.6 Å². The number of anilines is 2. The van der Waals surface area contributed by atoms with Crippen LogP contribution in [0.1, 0.15) is 0 Å². The number of carbonyl (C=O) groups is 2. The van der Waals surface area contributed by atoms with E-state index in [1.165, 1.54) is 26.4 Å². The Balaban J connectivity index is 1.81. The van der Waals surface area contributed by atoms with Gasteiger partial charge >= 0.3 is 11.8 Å². The fourth-order valence-corrected chi connectivity index (χ4v) is 2.75. The number of carbonyl (C=O) groups excluding carboxylic acids is 2. The maximum absolute atomic E-state index is 12.3. The molecule has 1 aromatic heterocycles. The molecule has 0 aliphatic carbocycles. The van der Waals surface area contributed by atoms with Gasteiger partial charge in [0.25, 0.3) is 0 Å². The van der Waals surface area contributed by atoms with Crippen molar-refractivity contribution in [3.8, 4) is 11.5 Å². The van der Waals surface area contributed by atoms with Crippen LogP contribution in [0.4, 0.5) is 11.4 Å². The second-order valence-electron chi connectivity index (χ2n) is 5.48. The van der Waals surface area contributed by atoms with Gasteiger partial charge in [0.1, 0.15) is 11.5 Å². The van der Waals surface area contributed by atoms with Gasteiger partial charge in [0.15, 0.2) is 0 Å². The van der Waals surface area contributed by atoms with E-state index in [1.54, 1.807) is 24.4 Å². The molecule has 0 bridgehead atoms. The molecule has 0 fully saturated rings. The topological polar surface area (TPSA) is 89.5 Å². The predicted octanol–water partition coefficient (Wildman–Crippen LogP) is 3.48. The minimum absolute atomic E-state index is 0.259. The summed E-state index contributed by atoms with van der Waals surface area (Å²) in [4.78, 5) is 28.9. The van der Waals surface area contributed by atoms with Crippen molar-refractivity contribution >= 4 is 45.7 Å². The normalized spacial score (nSPS) is 10.3. The summed E-state index contributed by atoms with van der Waals surface area (Å²) < 4.78 is 10.3. The Morgan fingerprint density at radius 3 is 2.30 bits per heavy atom. The molecule has 0 aliphatic rings. The van der Waals surface area contributed by atoms with Crippen molar-refractivity contribution in [2.24, 2.45) is 0 Å². The average Bonchev–Trinajstić information content (AvgIpc) is 2.69. The van der Waals surface area contributed by atoms with Crippen molar-refractivity contribution in [3.05, 3.63) is 53.7 Å².